The van der Waals surface area contributed by atoms with Gasteiger partial charge in [0.25, 0.3) is 0 Å². The Kier molecular flexibility index (Phi) is 9.58. The topological polar surface area (TPSA) is 0 Å². The van der Waals surface area contributed by atoms with Crippen LogP contribution in [0.2, 0.25) is 13.1 Å². The van der Waals surface area contributed by atoms with Gasteiger partial charge in [-0.25, -0.2) is 0 Å². The van der Waals surface area contributed by atoms with E-state index in [2.05, 4.69) is 185 Å². The van der Waals surface area contributed by atoms with Crippen molar-refractivity contribution in [1.82, 2.24) is 0 Å². The van der Waals surface area contributed by atoms with Gasteiger partial charge in [-0.05, 0) is 0 Å². The summed E-state index contributed by atoms with van der Waals surface area (Å²) in [5.41, 5.74) is 18.0. The van der Waals surface area contributed by atoms with Crippen LogP contribution in [0, 0.1) is 0 Å². The summed E-state index contributed by atoms with van der Waals surface area (Å²) < 4.78 is -0.124. The molecule has 0 nitrogen and oxygen atoms in total. The second-order valence-electron chi connectivity index (χ2n) is 14.8. The van der Waals surface area contributed by atoms with Gasteiger partial charge in [0.05, 0.1) is 0 Å². The Bertz CT molecular complexity index is 2200. The number of hydrogen-bond donors (Lipinski definition) is 0. The maximum atomic E-state index is 8.97. The molecule has 0 amide bonds. The van der Waals surface area contributed by atoms with Gasteiger partial charge in [-0.3, -0.25) is 0 Å². The van der Waals surface area contributed by atoms with Crippen molar-refractivity contribution in [2.24, 2.45) is 0 Å². The third-order valence-electron chi connectivity index (χ3n) is 11.9. The van der Waals surface area contributed by atoms with Crippen LogP contribution in [-0.4, -0.2) is 5.98 Å². The second kappa shape index (κ2) is 14.0. The Morgan fingerprint density at radius 2 is 0.827 bits per heavy atom. The summed E-state index contributed by atoms with van der Waals surface area (Å²) >= 11 is -5.34. The van der Waals surface area contributed by atoms with Crippen molar-refractivity contribution < 1.29 is 15.3 Å². The van der Waals surface area contributed by atoms with E-state index in [1.54, 1.807) is 0 Å². The quantitative estimate of drug-likeness (QED) is 0.127. The number of rotatable bonds is 9. The fourth-order valence-corrected chi connectivity index (χ4v) is 51.9. The summed E-state index contributed by atoms with van der Waals surface area (Å²) in [4.78, 5) is 0. The third-order valence-corrected chi connectivity index (χ3v) is 84.3. The number of fused-ring (bicyclic) bond motifs is 2. The first kappa shape index (κ1) is 35.5. The normalized spacial score (nSPS) is 17.2. The zero-order chi connectivity index (χ0) is 36.1. The van der Waals surface area contributed by atoms with E-state index < -0.39 is 21.3 Å². The fraction of sp³-hybridized carbons (Fsp3) is 0.167. The summed E-state index contributed by atoms with van der Waals surface area (Å²) in [5.74, 6) is -1.81. The van der Waals surface area contributed by atoms with Crippen LogP contribution in [0.3, 0.4) is 0 Å². The number of hydrogen-bond acceptors (Lipinski definition) is 0. The first-order valence-electron chi connectivity index (χ1n) is 18.8. The van der Waals surface area contributed by atoms with Crippen LogP contribution in [-0.2, 0) is 28.1 Å². The van der Waals surface area contributed by atoms with E-state index in [0.717, 1.165) is 12.8 Å². The minimum atomic E-state index is -5.34. The molecule has 0 N–H and O–H groups in total. The van der Waals surface area contributed by atoms with Crippen molar-refractivity contribution in [3.63, 3.8) is 0 Å². The Morgan fingerprint density at radius 1 is 0.462 bits per heavy atom. The summed E-state index contributed by atoms with van der Waals surface area (Å²) in [6, 6.07) is 53.4. The Morgan fingerprint density at radius 3 is 1.21 bits per heavy atom. The van der Waals surface area contributed by atoms with Crippen molar-refractivity contribution >= 4 is 46.4 Å². The molecule has 2 aliphatic rings. The molecule has 6 aromatic rings. The minimum absolute atomic E-state index is 0.0622. The van der Waals surface area contributed by atoms with Gasteiger partial charge < -0.3 is 0 Å². The zero-order valence-corrected chi connectivity index (χ0v) is 36.7. The third kappa shape index (κ3) is 5.64. The molecule has 0 saturated heterocycles. The standard InChI is InChI=1S/2C23H19.C2H7Si.2ClH.Hf/c2*1-2-17-9-6-7-13-21(17)22-14-8-12-19-15-20(16-23(19)22)18-10-4-3-5-11-18;1-3-2;;;/h2*3-16H,2H2,1H3;3H,1-2H3;2*1H;/q;;;;;+2/p-2. The van der Waals surface area contributed by atoms with Gasteiger partial charge in [0.15, 0.2) is 0 Å². The molecule has 0 bridgehead atoms. The van der Waals surface area contributed by atoms with Gasteiger partial charge in [-0.1, -0.05) is 0 Å². The summed E-state index contributed by atoms with van der Waals surface area (Å²) in [7, 11) is 17.9. The van der Waals surface area contributed by atoms with Crippen molar-refractivity contribution in [2.75, 3.05) is 0 Å². The molecule has 2 aliphatic carbocycles. The molecular weight excluding hydrogens is 854 g/mol. The van der Waals surface area contributed by atoms with Crippen LogP contribution in [0.5, 0.6) is 0 Å². The molecule has 0 heterocycles. The van der Waals surface area contributed by atoms with Crippen LogP contribution in [0.1, 0.15) is 65.7 Å². The van der Waals surface area contributed by atoms with E-state index in [1.807, 2.05) is 0 Å². The molecule has 0 aliphatic heterocycles. The van der Waals surface area contributed by atoms with Crippen molar-refractivity contribution in [3.05, 3.63) is 190 Å². The van der Waals surface area contributed by atoms with E-state index >= 15 is 0 Å². The van der Waals surface area contributed by atoms with Gasteiger partial charge in [0.1, 0.15) is 0 Å². The first-order chi connectivity index (χ1) is 25.3. The number of allylic oxidation sites excluding steroid dienone is 2. The molecule has 8 rings (SSSR count). The first-order valence-corrected chi connectivity index (χ1v) is 41.0. The number of halogens is 2. The molecule has 2 unspecified atom stereocenters. The average molecular weight is 899 g/mol. The van der Waals surface area contributed by atoms with Crippen LogP contribution in [0.15, 0.2) is 146 Å². The second-order valence-corrected chi connectivity index (χ2v) is 74.1. The molecule has 0 spiro atoms. The Labute approximate surface area is 318 Å². The molecule has 0 fully saturated rings. The van der Waals surface area contributed by atoms with Crippen molar-refractivity contribution in [1.29, 1.82) is 0 Å². The van der Waals surface area contributed by atoms with Crippen LogP contribution in [0.4, 0.5) is 0 Å². The molecule has 0 radical (unpaired) electrons. The maximum absolute atomic E-state index is 8.97. The molecule has 0 saturated carbocycles. The predicted octanol–water partition coefficient (Wildman–Crippen LogP) is 14.0. The molecule has 52 heavy (non-hydrogen) atoms. The van der Waals surface area contributed by atoms with Gasteiger partial charge in [-0.15, -0.1) is 0 Å². The number of benzene rings is 6. The van der Waals surface area contributed by atoms with Crippen molar-refractivity contribution in [3.8, 4) is 22.3 Å². The van der Waals surface area contributed by atoms with E-state index in [-0.39, 0.29) is 7.35 Å². The molecule has 6 aromatic carbocycles. The molecule has 259 valence electrons. The van der Waals surface area contributed by atoms with Crippen LogP contribution < -0.4 is 0 Å². The van der Waals surface area contributed by atoms with Gasteiger partial charge in [0.2, 0.25) is 0 Å². The average Bonchev–Trinajstić information content (AvgIpc) is 3.80. The number of aryl methyl sites for hydroxylation is 2. The monoisotopic (exact) mass is 899 g/mol. The molecule has 2 atom stereocenters. The van der Waals surface area contributed by atoms with Gasteiger partial charge in [-0.2, -0.15) is 0 Å². The van der Waals surface area contributed by atoms with Crippen LogP contribution in [0.25, 0.3) is 45.6 Å². The Balaban J connectivity index is 1.43. The van der Waals surface area contributed by atoms with E-state index in [9.17, 15) is 0 Å². The van der Waals surface area contributed by atoms with E-state index in [1.165, 1.54) is 77.9 Å². The predicted molar refractivity (Wildman–Crippen MR) is 227 cm³/mol. The SMILES string of the molecule is CCc1ccccc1-c1cccc2c1C=C(c1ccccc1)[CH]2[Hf]([Cl])([Cl])([CH]1C(c2ccccc2)=Cc2c(-c3ccccc3CC)cccc21)[SiH](C)C. The van der Waals surface area contributed by atoms with E-state index in [0.29, 0.717) is 0 Å². The summed E-state index contributed by atoms with van der Waals surface area (Å²) in [6.45, 7) is 9.39. The molecule has 0 aromatic heterocycles. The summed E-state index contributed by atoms with van der Waals surface area (Å²) in [6.07, 6.45) is 6.87. The van der Waals surface area contributed by atoms with E-state index in [4.69, 9.17) is 17.2 Å². The molecule has 4 heteroatoms. The van der Waals surface area contributed by atoms with Gasteiger partial charge >= 0.3 is 321 Å². The van der Waals surface area contributed by atoms with Crippen molar-refractivity contribution in [2.45, 2.75) is 47.1 Å². The fourth-order valence-electron chi connectivity index (χ4n) is 9.24. The zero-order valence-electron chi connectivity index (χ0n) is 30.4. The summed E-state index contributed by atoms with van der Waals surface area (Å²) in [5, 5.41) is 0. The van der Waals surface area contributed by atoms with Crippen LogP contribution >= 0.6 is 17.2 Å². The Hall–Kier alpha value is -3.53. The molecular formula is C48H45Cl2HfSi. The van der Waals surface area contributed by atoms with Gasteiger partial charge in [0, 0.05) is 0 Å².